The second-order valence-corrected chi connectivity index (χ2v) is 7.85. The highest BCUT2D eigenvalue weighted by Gasteiger charge is 2.10. The van der Waals surface area contributed by atoms with E-state index in [0.29, 0.717) is 16.6 Å². The number of carbonyl (C=O) groups excluding carboxylic acids is 1. The maximum absolute atomic E-state index is 12.3. The van der Waals surface area contributed by atoms with E-state index in [1.165, 1.54) is 18.2 Å². The van der Waals surface area contributed by atoms with Gasteiger partial charge in [0.25, 0.3) is 5.91 Å². The zero-order valence-corrected chi connectivity index (χ0v) is 18.1. The van der Waals surface area contributed by atoms with Crippen molar-refractivity contribution >= 4 is 46.2 Å². The lowest BCUT2D eigenvalue weighted by atomic mass is 10.1. The van der Waals surface area contributed by atoms with E-state index in [0.717, 1.165) is 22.0 Å². The third-order valence-electron chi connectivity index (χ3n) is 4.95. The van der Waals surface area contributed by atoms with E-state index in [1.807, 2.05) is 48.7 Å². The highest BCUT2D eigenvalue weighted by molar-refractivity contribution is 6.35. The smallest absolute Gasteiger partial charge is 0.271 e. The van der Waals surface area contributed by atoms with Gasteiger partial charge in [-0.2, -0.15) is 10.4 Å². The van der Waals surface area contributed by atoms with Gasteiger partial charge in [-0.1, -0.05) is 41.4 Å². The number of hydrogen-bond acceptors (Lipinski definition) is 4. The van der Waals surface area contributed by atoms with E-state index in [4.69, 9.17) is 28.5 Å². The van der Waals surface area contributed by atoms with Crippen molar-refractivity contribution in [2.24, 2.45) is 5.10 Å². The summed E-state index contributed by atoms with van der Waals surface area (Å²) in [7, 11) is 0. The second kappa shape index (κ2) is 9.15. The fourth-order valence-corrected chi connectivity index (χ4v) is 3.79. The number of hydrazone groups is 1. The number of benzene rings is 3. The van der Waals surface area contributed by atoms with Crippen LogP contribution in [0.25, 0.3) is 10.9 Å². The molecule has 0 fully saturated rings. The number of aromatic nitrogens is 1. The molecule has 1 heterocycles. The van der Waals surface area contributed by atoms with E-state index < -0.39 is 5.91 Å². The standard InChI is InChI=1S/C24H16Cl2N4O2/c25-19-6-4-17(21(26)11-19)14-30-9-8-20-16(2-1-3-22(20)30)13-28-29-24(32)15-5-7-23(31)18(10-15)12-27/h1-11,13,31H,14H2,(H,29,32)/b28-13+. The Kier molecular flexibility index (Phi) is 6.13. The van der Waals surface area contributed by atoms with E-state index in [2.05, 4.69) is 15.1 Å². The molecule has 32 heavy (non-hydrogen) atoms. The van der Waals surface area contributed by atoms with E-state index >= 15 is 0 Å². The van der Waals surface area contributed by atoms with Crippen molar-refractivity contribution in [2.45, 2.75) is 6.54 Å². The minimum absolute atomic E-state index is 0.0218. The third kappa shape index (κ3) is 4.45. The molecule has 1 aromatic heterocycles. The molecule has 0 unspecified atom stereocenters. The topological polar surface area (TPSA) is 90.4 Å². The Morgan fingerprint density at radius 2 is 2.00 bits per heavy atom. The number of hydrogen-bond donors (Lipinski definition) is 2. The highest BCUT2D eigenvalue weighted by Crippen LogP contribution is 2.25. The van der Waals surface area contributed by atoms with Gasteiger partial charge in [-0.25, -0.2) is 5.43 Å². The molecule has 1 amide bonds. The van der Waals surface area contributed by atoms with Crippen LogP contribution in [0.3, 0.4) is 0 Å². The van der Waals surface area contributed by atoms with Gasteiger partial charge in [-0.3, -0.25) is 4.79 Å². The first kappa shape index (κ1) is 21.4. The van der Waals surface area contributed by atoms with Gasteiger partial charge in [0.2, 0.25) is 0 Å². The molecular formula is C24H16Cl2N4O2. The van der Waals surface area contributed by atoms with Crippen molar-refractivity contribution in [2.75, 3.05) is 0 Å². The summed E-state index contributed by atoms with van der Waals surface area (Å²) in [5.74, 6) is -0.663. The number of amides is 1. The van der Waals surface area contributed by atoms with Gasteiger partial charge < -0.3 is 9.67 Å². The van der Waals surface area contributed by atoms with Gasteiger partial charge in [0.15, 0.2) is 0 Å². The molecule has 4 aromatic rings. The molecule has 0 aliphatic heterocycles. The number of fused-ring (bicyclic) bond motifs is 1. The average Bonchev–Trinajstić information content (AvgIpc) is 3.19. The quantitative estimate of drug-likeness (QED) is 0.309. The van der Waals surface area contributed by atoms with Crippen LogP contribution < -0.4 is 5.43 Å². The average molecular weight is 463 g/mol. The van der Waals surface area contributed by atoms with Gasteiger partial charge in [0, 0.05) is 44.8 Å². The van der Waals surface area contributed by atoms with Crippen LogP contribution in [-0.4, -0.2) is 21.8 Å². The number of nitriles is 1. The minimum atomic E-state index is -0.486. The van der Waals surface area contributed by atoms with Gasteiger partial charge in [-0.15, -0.1) is 0 Å². The Morgan fingerprint density at radius 3 is 2.78 bits per heavy atom. The molecular weight excluding hydrogens is 447 g/mol. The van der Waals surface area contributed by atoms with Crippen molar-refractivity contribution in [1.82, 2.24) is 9.99 Å². The Hall–Kier alpha value is -3.79. The minimum Gasteiger partial charge on any atom is -0.507 e. The molecule has 0 atom stereocenters. The van der Waals surface area contributed by atoms with Crippen LogP contribution in [0.2, 0.25) is 10.0 Å². The predicted molar refractivity (Wildman–Crippen MR) is 125 cm³/mol. The fourth-order valence-electron chi connectivity index (χ4n) is 3.32. The van der Waals surface area contributed by atoms with E-state index in [-0.39, 0.29) is 16.9 Å². The van der Waals surface area contributed by atoms with Crippen molar-refractivity contribution < 1.29 is 9.90 Å². The van der Waals surface area contributed by atoms with Gasteiger partial charge in [0.05, 0.1) is 11.8 Å². The molecule has 0 aliphatic rings. The van der Waals surface area contributed by atoms with Crippen molar-refractivity contribution in [3.8, 4) is 11.8 Å². The Balaban J connectivity index is 1.53. The zero-order chi connectivity index (χ0) is 22.7. The summed E-state index contributed by atoms with van der Waals surface area (Å²) in [6.45, 7) is 0.582. The van der Waals surface area contributed by atoms with E-state index in [1.54, 1.807) is 12.3 Å². The second-order valence-electron chi connectivity index (χ2n) is 7.00. The molecule has 0 bridgehead atoms. The number of phenols is 1. The van der Waals surface area contributed by atoms with Crippen molar-refractivity contribution in [3.63, 3.8) is 0 Å². The van der Waals surface area contributed by atoms with Crippen molar-refractivity contribution in [3.05, 3.63) is 99.2 Å². The number of rotatable bonds is 5. The summed E-state index contributed by atoms with van der Waals surface area (Å²) in [5, 5.41) is 24.8. The molecule has 4 rings (SSSR count). The lowest BCUT2D eigenvalue weighted by Gasteiger charge is -2.08. The molecule has 0 saturated carbocycles. The number of nitrogens with zero attached hydrogens (tertiary/aromatic N) is 3. The zero-order valence-electron chi connectivity index (χ0n) is 16.6. The number of nitrogens with one attached hydrogen (secondary N) is 1. The first-order chi connectivity index (χ1) is 15.5. The lowest BCUT2D eigenvalue weighted by Crippen LogP contribution is -2.17. The molecule has 0 saturated heterocycles. The summed E-state index contributed by atoms with van der Waals surface area (Å²) < 4.78 is 2.07. The number of carbonyl (C=O) groups is 1. The van der Waals surface area contributed by atoms with Crippen LogP contribution in [0.1, 0.15) is 27.0 Å². The molecule has 158 valence electrons. The summed E-state index contributed by atoms with van der Waals surface area (Å²) in [4.78, 5) is 12.3. The first-order valence-electron chi connectivity index (χ1n) is 9.54. The summed E-state index contributed by atoms with van der Waals surface area (Å²) in [6.07, 6.45) is 3.52. The molecule has 0 spiro atoms. The van der Waals surface area contributed by atoms with Crippen LogP contribution in [0.5, 0.6) is 5.75 Å². The maximum atomic E-state index is 12.3. The van der Waals surface area contributed by atoms with Crippen LogP contribution in [-0.2, 0) is 6.54 Å². The van der Waals surface area contributed by atoms with Crippen LogP contribution in [0.15, 0.2) is 72.0 Å². The monoisotopic (exact) mass is 462 g/mol. The third-order valence-corrected chi connectivity index (χ3v) is 5.54. The Labute approximate surface area is 193 Å². The normalized spacial score (nSPS) is 11.0. The van der Waals surface area contributed by atoms with Gasteiger partial charge in [0.1, 0.15) is 11.8 Å². The molecule has 3 aromatic carbocycles. The first-order valence-corrected chi connectivity index (χ1v) is 10.3. The lowest BCUT2D eigenvalue weighted by molar-refractivity contribution is 0.0955. The summed E-state index contributed by atoms with van der Waals surface area (Å²) >= 11 is 12.3. The van der Waals surface area contributed by atoms with Crippen LogP contribution >= 0.6 is 23.2 Å². The molecule has 6 nitrogen and oxygen atoms in total. The Bertz CT molecular complexity index is 1400. The SMILES string of the molecule is N#Cc1cc(C(=O)N/N=C/c2cccc3c2ccn3Cc2ccc(Cl)cc2Cl)ccc1O. The molecule has 8 heteroatoms. The summed E-state index contributed by atoms with van der Waals surface area (Å²) in [6, 6.07) is 19.1. The Morgan fingerprint density at radius 1 is 1.16 bits per heavy atom. The number of halogens is 2. The molecule has 2 N–H and O–H groups in total. The van der Waals surface area contributed by atoms with Crippen molar-refractivity contribution in [1.29, 1.82) is 5.26 Å². The van der Waals surface area contributed by atoms with Crippen LogP contribution in [0, 0.1) is 11.3 Å². The summed E-state index contributed by atoms with van der Waals surface area (Å²) in [5.41, 5.74) is 5.45. The van der Waals surface area contributed by atoms with Gasteiger partial charge >= 0.3 is 0 Å². The number of phenolic OH excluding ortho intramolecular Hbond substituents is 1. The van der Waals surface area contributed by atoms with Crippen LogP contribution in [0.4, 0.5) is 0 Å². The largest absolute Gasteiger partial charge is 0.507 e. The highest BCUT2D eigenvalue weighted by atomic mass is 35.5. The predicted octanol–water partition coefficient (Wildman–Crippen LogP) is 5.34. The maximum Gasteiger partial charge on any atom is 0.271 e. The molecule has 0 aliphatic carbocycles. The molecule has 0 radical (unpaired) electrons. The fraction of sp³-hybridized carbons (Fsp3) is 0.0417. The van der Waals surface area contributed by atoms with E-state index in [9.17, 15) is 9.90 Å². The van der Waals surface area contributed by atoms with Gasteiger partial charge in [-0.05, 0) is 48.0 Å². The number of aromatic hydroxyl groups is 1.